The minimum absolute atomic E-state index is 0.0610. The Balaban J connectivity index is 1.74. The lowest BCUT2D eigenvalue weighted by Gasteiger charge is -2.41. The molecule has 1 N–H and O–H groups in total. The molecule has 0 aromatic carbocycles. The monoisotopic (exact) mass is 652 g/mol. The maximum atomic E-state index is 14.7. The van der Waals surface area contributed by atoms with Crippen LogP contribution in [0.2, 0.25) is 0 Å². The second kappa shape index (κ2) is 14.3. The largest absolute Gasteiger partial charge is 0.394 e. The Morgan fingerprint density at radius 3 is 2.36 bits per heavy atom. The molecule has 4 saturated heterocycles. The number of amides is 3. The second-order valence-corrected chi connectivity index (χ2v) is 13.3. The third kappa shape index (κ3) is 5.96. The van der Waals surface area contributed by atoms with E-state index in [2.05, 4.69) is 34.0 Å². The van der Waals surface area contributed by atoms with Crippen LogP contribution >= 0.6 is 15.9 Å². The molecule has 3 amide bonds. The van der Waals surface area contributed by atoms with Gasteiger partial charge in [0.15, 0.2) is 0 Å². The van der Waals surface area contributed by atoms with Crippen molar-refractivity contribution in [3.8, 4) is 0 Å². The molecular formula is C31H49BrN4O6. The Morgan fingerprint density at radius 1 is 1.14 bits per heavy atom. The number of carbonyl (C=O) groups is 3. The summed E-state index contributed by atoms with van der Waals surface area (Å²) < 4.78 is 12.2. The van der Waals surface area contributed by atoms with E-state index in [4.69, 9.17) is 9.47 Å². The molecule has 0 saturated carbocycles. The zero-order valence-electron chi connectivity index (χ0n) is 25.5. The second-order valence-electron chi connectivity index (χ2n) is 12.1. The number of nitrogens with zero attached hydrogens (tertiary/aromatic N) is 4. The van der Waals surface area contributed by atoms with Crippen LogP contribution < -0.4 is 0 Å². The third-order valence-electron chi connectivity index (χ3n) is 9.70. The van der Waals surface area contributed by atoms with Crippen LogP contribution in [0.5, 0.6) is 0 Å². The minimum Gasteiger partial charge on any atom is -0.394 e. The van der Waals surface area contributed by atoms with Crippen molar-refractivity contribution in [1.82, 2.24) is 19.6 Å². The van der Waals surface area contributed by atoms with Gasteiger partial charge in [0.05, 0.1) is 43.8 Å². The standard InChI is InChI=1S/C31H49BrN4O6/c1-6-10-34(11-7-2)28(38)24-25-29(39)36(23(20-37)21(5)9-4)27(31(25)19-22(32)26(24)42-31)30(40)35(12-8-3)14-13-33-15-17-41-18-16-33/h6,8,21-27,37H,1,3,7,9-20H2,2,4-5H3/t21-,22?,23-,24-,25-,26-,27?,31?/m0/s1. The molecular weight excluding hydrogens is 604 g/mol. The van der Waals surface area contributed by atoms with Crippen molar-refractivity contribution in [3.05, 3.63) is 25.3 Å². The summed E-state index contributed by atoms with van der Waals surface area (Å²) >= 11 is 3.77. The van der Waals surface area contributed by atoms with E-state index in [1.165, 1.54) is 0 Å². The van der Waals surface area contributed by atoms with E-state index in [9.17, 15) is 19.5 Å². The predicted octanol–water partition coefficient (Wildman–Crippen LogP) is 1.91. The van der Waals surface area contributed by atoms with Crippen LogP contribution in [0, 0.1) is 17.8 Å². The summed E-state index contributed by atoms with van der Waals surface area (Å²) in [6.07, 6.45) is 4.81. The number of fused-ring (bicyclic) bond motifs is 1. The lowest BCUT2D eigenvalue weighted by atomic mass is 9.70. The molecule has 10 nitrogen and oxygen atoms in total. The molecule has 4 aliphatic heterocycles. The highest BCUT2D eigenvalue weighted by molar-refractivity contribution is 9.09. The zero-order chi connectivity index (χ0) is 30.6. The topological polar surface area (TPSA) is 103 Å². The van der Waals surface area contributed by atoms with Crippen LogP contribution in [-0.4, -0.2) is 137 Å². The molecule has 11 heteroatoms. The van der Waals surface area contributed by atoms with Gasteiger partial charge < -0.3 is 29.3 Å². The Hall–Kier alpha value is -1.79. The summed E-state index contributed by atoms with van der Waals surface area (Å²) in [5.41, 5.74) is -1.17. The molecule has 0 aliphatic carbocycles. The maximum Gasteiger partial charge on any atom is 0.248 e. The lowest BCUT2D eigenvalue weighted by molar-refractivity contribution is -0.153. The van der Waals surface area contributed by atoms with E-state index in [1.807, 2.05) is 20.8 Å². The fourth-order valence-electron chi connectivity index (χ4n) is 7.44. The Bertz CT molecular complexity index is 1010. The molecule has 1 spiro atoms. The summed E-state index contributed by atoms with van der Waals surface area (Å²) in [6, 6.07) is -1.53. The van der Waals surface area contributed by atoms with E-state index in [-0.39, 0.29) is 35.1 Å². The summed E-state index contributed by atoms with van der Waals surface area (Å²) in [5.74, 6) is -2.21. The first-order valence-corrected chi connectivity index (χ1v) is 16.5. The van der Waals surface area contributed by atoms with Gasteiger partial charge in [-0.2, -0.15) is 0 Å². The van der Waals surface area contributed by atoms with Crippen molar-refractivity contribution in [2.75, 3.05) is 65.6 Å². The summed E-state index contributed by atoms with van der Waals surface area (Å²) in [5, 5.41) is 10.6. The zero-order valence-corrected chi connectivity index (χ0v) is 27.0. The average Bonchev–Trinajstić information content (AvgIpc) is 3.58. The van der Waals surface area contributed by atoms with Gasteiger partial charge in [-0.3, -0.25) is 19.3 Å². The first kappa shape index (κ1) is 33.1. The molecule has 8 atom stereocenters. The first-order valence-electron chi connectivity index (χ1n) is 15.5. The average molecular weight is 654 g/mol. The van der Waals surface area contributed by atoms with Crippen molar-refractivity contribution < 1.29 is 29.0 Å². The smallest absolute Gasteiger partial charge is 0.248 e. The van der Waals surface area contributed by atoms with Gasteiger partial charge in [-0.05, 0) is 18.8 Å². The van der Waals surface area contributed by atoms with Crippen molar-refractivity contribution in [2.24, 2.45) is 17.8 Å². The number of ether oxygens (including phenoxy) is 2. The van der Waals surface area contributed by atoms with Gasteiger partial charge in [-0.25, -0.2) is 0 Å². The van der Waals surface area contributed by atoms with Crippen molar-refractivity contribution >= 4 is 33.7 Å². The van der Waals surface area contributed by atoms with Crippen LogP contribution in [0.15, 0.2) is 25.3 Å². The fraction of sp³-hybridized carbons (Fsp3) is 0.774. The molecule has 236 valence electrons. The fourth-order valence-corrected chi connectivity index (χ4v) is 8.38. The van der Waals surface area contributed by atoms with E-state index in [0.717, 1.165) is 25.9 Å². The van der Waals surface area contributed by atoms with Crippen molar-refractivity contribution in [1.29, 1.82) is 0 Å². The number of hydrogen-bond donors (Lipinski definition) is 1. The molecule has 0 aromatic rings. The lowest BCUT2D eigenvalue weighted by Crippen LogP contribution is -2.60. The maximum absolute atomic E-state index is 14.7. The number of alkyl halides is 1. The van der Waals surface area contributed by atoms with E-state index >= 15 is 0 Å². The summed E-state index contributed by atoms with van der Waals surface area (Å²) in [4.78, 5) is 50.6. The molecule has 0 radical (unpaired) electrons. The normalized spacial score (nSPS) is 32.0. The number of aliphatic hydroxyl groups excluding tert-OH is 1. The highest BCUT2D eigenvalue weighted by Gasteiger charge is 2.77. The number of carbonyl (C=O) groups excluding carboxylic acids is 3. The van der Waals surface area contributed by atoms with Crippen LogP contribution in [0.1, 0.15) is 40.0 Å². The van der Waals surface area contributed by atoms with Crippen molar-refractivity contribution in [3.63, 3.8) is 0 Å². The highest BCUT2D eigenvalue weighted by Crippen LogP contribution is 2.61. The third-order valence-corrected chi connectivity index (χ3v) is 10.5. The highest BCUT2D eigenvalue weighted by atomic mass is 79.9. The van der Waals surface area contributed by atoms with Gasteiger partial charge >= 0.3 is 0 Å². The molecule has 3 unspecified atom stereocenters. The van der Waals surface area contributed by atoms with Crippen LogP contribution in [0.3, 0.4) is 0 Å². The molecule has 4 fully saturated rings. The Kier molecular flexibility index (Phi) is 11.3. The van der Waals surface area contributed by atoms with Gasteiger partial charge in [-0.15, -0.1) is 13.2 Å². The molecule has 42 heavy (non-hydrogen) atoms. The number of halogens is 1. The van der Waals surface area contributed by atoms with E-state index < -0.39 is 35.6 Å². The Labute approximate surface area is 259 Å². The minimum atomic E-state index is -1.17. The number of aliphatic hydroxyl groups is 1. The molecule has 4 rings (SSSR count). The van der Waals surface area contributed by atoms with Gasteiger partial charge in [-0.1, -0.05) is 55.3 Å². The van der Waals surface area contributed by atoms with Gasteiger partial charge in [0.25, 0.3) is 0 Å². The molecule has 4 aliphatic rings. The van der Waals surface area contributed by atoms with Gasteiger partial charge in [0.2, 0.25) is 17.7 Å². The van der Waals surface area contributed by atoms with E-state index in [0.29, 0.717) is 52.4 Å². The summed E-state index contributed by atoms with van der Waals surface area (Å²) in [6.45, 7) is 18.8. The number of hydrogen-bond acceptors (Lipinski definition) is 7. The Morgan fingerprint density at radius 2 is 1.79 bits per heavy atom. The quantitative estimate of drug-likeness (QED) is 0.213. The van der Waals surface area contributed by atoms with Gasteiger partial charge in [0, 0.05) is 50.6 Å². The number of likely N-dealkylation sites (tertiary alicyclic amines) is 1. The number of rotatable bonds is 15. The SMILES string of the molecule is C=CCN(CCN1CCOCC1)C(=O)C1N([C@@H](CO)[C@@H](C)CC)C(=O)[C@@H]2[C@H](C(=O)N(CC=C)CCC)[C@H]3OC12CC3Br. The molecule has 4 heterocycles. The molecule has 2 bridgehead atoms. The number of morpholine rings is 1. The van der Waals surface area contributed by atoms with Crippen LogP contribution in [-0.2, 0) is 23.9 Å². The van der Waals surface area contributed by atoms with Gasteiger partial charge in [0.1, 0.15) is 11.6 Å². The summed E-state index contributed by atoms with van der Waals surface area (Å²) in [7, 11) is 0. The van der Waals surface area contributed by atoms with Crippen LogP contribution in [0.4, 0.5) is 0 Å². The first-order chi connectivity index (χ1) is 20.2. The van der Waals surface area contributed by atoms with Crippen molar-refractivity contribution in [2.45, 2.75) is 68.6 Å². The van der Waals surface area contributed by atoms with Crippen LogP contribution in [0.25, 0.3) is 0 Å². The predicted molar refractivity (Wildman–Crippen MR) is 164 cm³/mol. The molecule has 0 aromatic heterocycles. The van der Waals surface area contributed by atoms with E-state index in [1.54, 1.807) is 26.9 Å².